The van der Waals surface area contributed by atoms with Crippen LogP contribution in [0.3, 0.4) is 0 Å². The lowest BCUT2D eigenvalue weighted by Gasteiger charge is -2.22. The Bertz CT molecular complexity index is 520. The van der Waals surface area contributed by atoms with Crippen molar-refractivity contribution in [1.82, 2.24) is 0 Å². The second kappa shape index (κ2) is 10.6. The Morgan fingerprint density at radius 1 is 0.833 bits per heavy atom. The fraction of sp³-hybridized carbons (Fsp3) is 0.400. The average molecular weight is 346 g/mol. The minimum Gasteiger partial charge on any atom is -0.328 e. The van der Waals surface area contributed by atoms with Gasteiger partial charge in [0.25, 0.3) is 0 Å². The van der Waals surface area contributed by atoms with Gasteiger partial charge in [-0.1, -0.05) is 80.4 Å². The summed E-state index contributed by atoms with van der Waals surface area (Å²) >= 11 is 0. The first-order valence-corrected chi connectivity index (χ1v) is 9.81. The highest BCUT2D eigenvalue weighted by Gasteiger charge is 2.19. The van der Waals surface area contributed by atoms with E-state index in [9.17, 15) is 9.79 Å². The van der Waals surface area contributed by atoms with Crippen molar-refractivity contribution in [3.63, 3.8) is 0 Å². The van der Waals surface area contributed by atoms with E-state index in [2.05, 4.69) is 55.5 Å². The summed E-state index contributed by atoms with van der Waals surface area (Å²) in [5.41, 5.74) is 2.57. The second-order valence-electron chi connectivity index (χ2n) is 6.07. The molecule has 0 aromatic heterocycles. The summed E-state index contributed by atoms with van der Waals surface area (Å²) in [6, 6.07) is 21.0. The van der Waals surface area contributed by atoms with Crippen LogP contribution >= 0.6 is 8.60 Å². The molecule has 0 amide bonds. The molecule has 0 heterocycles. The first-order chi connectivity index (χ1) is 11.7. The molecule has 2 aromatic carbocycles. The second-order valence-corrected chi connectivity index (χ2v) is 6.79. The predicted molar refractivity (Wildman–Crippen MR) is 99.7 cm³/mol. The fourth-order valence-corrected chi connectivity index (χ4v) is 3.54. The fourth-order valence-electron chi connectivity index (χ4n) is 3.06. The first kappa shape index (κ1) is 19.1. The van der Waals surface area contributed by atoms with Crippen LogP contribution in [-0.2, 0) is 4.52 Å². The molecule has 0 aliphatic carbocycles. The normalized spacial score (nSPS) is 12.7. The van der Waals surface area contributed by atoms with Gasteiger partial charge >= 0.3 is 8.60 Å². The van der Waals surface area contributed by atoms with Crippen LogP contribution in [0.4, 0.5) is 0 Å². The number of hydrogen-bond acceptors (Lipinski definition) is 3. The average Bonchev–Trinajstić information content (AvgIpc) is 2.61. The molecule has 0 radical (unpaired) electrons. The molecule has 3 nitrogen and oxygen atoms in total. The van der Waals surface area contributed by atoms with Gasteiger partial charge in [0.1, 0.15) is 0 Å². The maximum absolute atomic E-state index is 9.22. The van der Waals surface area contributed by atoms with E-state index < -0.39 is 8.60 Å². The van der Waals surface area contributed by atoms with E-state index >= 15 is 0 Å². The zero-order chi connectivity index (χ0) is 17.2. The SMILES string of the molecule is CCCCC(CCC(c1ccccc1)c1ccccc1)OP(O)O. The van der Waals surface area contributed by atoms with Gasteiger partial charge in [0.05, 0.1) is 6.10 Å². The van der Waals surface area contributed by atoms with Crippen molar-refractivity contribution < 1.29 is 14.3 Å². The maximum atomic E-state index is 9.22. The van der Waals surface area contributed by atoms with Gasteiger partial charge in [0, 0.05) is 5.92 Å². The lowest BCUT2D eigenvalue weighted by molar-refractivity contribution is 0.148. The molecule has 2 rings (SSSR count). The predicted octanol–water partition coefficient (Wildman–Crippen LogP) is 5.39. The van der Waals surface area contributed by atoms with Crippen LogP contribution in [0.2, 0.25) is 0 Å². The van der Waals surface area contributed by atoms with Crippen molar-refractivity contribution in [2.75, 3.05) is 0 Å². The molecule has 0 saturated heterocycles. The number of unbranched alkanes of at least 4 members (excludes halogenated alkanes) is 1. The number of hydrogen-bond donors (Lipinski definition) is 2. The summed E-state index contributed by atoms with van der Waals surface area (Å²) in [5.74, 6) is 0.295. The van der Waals surface area contributed by atoms with Crippen molar-refractivity contribution >= 4 is 8.60 Å². The van der Waals surface area contributed by atoms with Crippen LogP contribution in [0.1, 0.15) is 56.1 Å². The molecule has 2 N–H and O–H groups in total. The summed E-state index contributed by atoms with van der Waals surface area (Å²) in [5, 5.41) is 0. The summed E-state index contributed by atoms with van der Waals surface area (Å²) in [6.45, 7) is 2.13. The molecular formula is C20H27O3P. The van der Waals surface area contributed by atoms with E-state index in [1.807, 2.05) is 12.1 Å². The smallest absolute Gasteiger partial charge is 0.327 e. The molecule has 0 fully saturated rings. The third-order valence-electron chi connectivity index (χ3n) is 4.30. The Kier molecular flexibility index (Phi) is 8.41. The van der Waals surface area contributed by atoms with E-state index in [-0.39, 0.29) is 6.10 Å². The van der Waals surface area contributed by atoms with E-state index in [0.29, 0.717) is 5.92 Å². The Morgan fingerprint density at radius 2 is 1.38 bits per heavy atom. The van der Waals surface area contributed by atoms with Crippen LogP contribution < -0.4 is 0 Å². The van der Waals surface area contributed by atoms with E-state index in [0.717, 1.165) is 32.1 Å². The minimum absolute atomic E-state index is 0.0963. The Hall–Kier alpha value is -1.25. The Morgan fingerprint density at radius 3 is 1.83 bits per heavy atom. The van der Waals surface area contributed by atoms with Gasteiger partial charge in [-0.15, -0.1) is 0 Å². The summed E-state index contributed by atoms with van der Waals surface area (Å²) < 4.78 is 5.35. The third kappa shape index (κ3) is 6.33. The van der Waals surface area contributed by atoms with Crippen molar-refractivity contribution in [3.05, 3.63) is 71.8 Å². The van der Waals surface area contributed by atoms with Gasteiger partial charge in [0.2, 0.25) is 0 Å². The molecule has 1 unspecified atom stereocenters. The topological polar surface area (TPSA) is 49.7 Å². The molecule has 130 valence electrons. The molecule has 1 atom stereocenters. The lowest BCUT2D eigenvalue weighted by atomic mass is 9.86. The lowest BCUT2D eigenvalue weighted by Crippen LogP contribution is -2.13. The van der Waals surface area contributed by atoms with Crippen molar-refractivity contribution in [3.8, 4) is 0 Å². The van der Waals surface area contributed by atoms with Gasteiger partial charge in [-0.05, 0) is 30.4 Å². The molecular weight excluding hydrogens is 319 g/mol. The number of benzene rings is 2. The van der Waals surface area contributed by atoms with Gasteiger partial charge in [-0.3, -0.25) is 0 Å². The van der Waals surface area contributed by atoms with Gasteiger partial charge in [-0.25, -0.2) is 0 Å². The van der Waals surface area contributed by atoms with Crippen molar-refractivity contribution in [2.24, 2.45) is 0 Å². The summed E-state index contributed by atoms with van der Waals surface area (Å²) in [4.78, 5) is 18.4. The van der Waals surface area contributed by atoms with Crippen molar-refractivity contribution in [1.29, 1.82) is 0 Å². The molecule has 0 aliphatic rings. The molecule has 0 aliphatic heterocycles. The van der Waals surface area contributed by atoms with Gasteiger partial charge < -0.3 is 14.3 Å². The van der Waals surface area contributed by atoms with E-state index in [1.54, 1.807) is 0 Å². The van der Waals surface area contributed by atoms with E-state index in [4.69, 9.17) is 4.52 Å². The van der Waals surface area contributed by atoms with Crippen LogP contribution in [0.15, 0.2) is 60.7 Å². The maximum Gasteiger partial charge on any atom is 0.327 e. The monoisotopic (exact) mass is 346 g/mol. The molecule has 0 spiro atoms. The first-order valence-electron chi connectivity index (χ1n) is 8.65. The standard InChI is InChI=1S/C20H27O3P/c1-2-3-14-19(23-24(21)22)15-16-20(17-10-6-4-7-11-17)18-12-8-5-9-13-18/h4-13,19-22H,2-3,14-16H2,1H3. The van der Waals surface area contributed by atoms with E-state index in [1.165, 1.54) is 11.1 Å². The zero-order valence-electron chi connectivity index (χ0n) is 14.2. The highest BCUT2D eigenvalue weighted by Crippen LogP contribution is 2.34. The Balaban J connectivity index is 2.10. The zero-order valence-corrected chi connectivity index (χ0v) is 15.1. The molecule has 0 bridgehead atoms. The third-order valence-corrected chi connectivity index (χ3v) is 4.79. The van der Waals surface area contributed by atoms with Crippen LogP contribution in [0.5, 0.6) is 0 Å². The largest absolute Gasteiger partial charge is 0.328 e. The van der Waals surface area contributed by atoms with Crippen LogP contribution in [0, 0.1) is 0 Å². The Labute approximate surface area is 146 Å². The molecule has 2 aromatic rings. The van der Waals surface area contributed by atoms with Crippen LogP contribution in [0.25, 0.3) is 0 Å². The van der Waals surface area contributed by atoms with Crippen LogP contribution in [-0.4, -0.2) is 15.9 Å². The highest BCUT2D eigenvalue weighted by molar-refractivity contribution is 7.39. The van der Waals surface area contributed by atoms with Crippen molar-refractivity contribution in [2.45, 2.75) is 51.0 Å². The minimum atomic E-state index is -2.30. The highest BCUT2D eigenvalue weighted by atomic mass is 31.2. The molecule has 24 heavy (non-hydrogen) atoms. The molecule has 0 saturated carbocycles. The van der Waals surface area contributed by atoms with Gasteiger partial charge in [0.15, 0.2) is 0 Å². The quantitative estimate of drug-likeness (QED) is 0.567. The summed E-state index contributed by atoms with van der Waals surface area (Å²) in [6.07, 6.45) is 4.62. The van der Waals surface area contributed by atoms with Gasteiger partial charge in [-0.2, -0.15) is 0 Å². The number of rotatable bonds is 10. The summed E-state index contributed by atoms with van der Waals surface area (Å²) in [7, 11) is -2.30. The molecule has 4 heteroatoms.